The molecule has 0 fully saturated rings. The van der Waals surface area contributed by atoms with Gasteiger partial charge in [0.05, 0.1) is 0 Å². The second-order valence-corrected chi connectivity index (χ2v) is 6.99. The number of H-pyrrole nitrogens is 1. The molecule has 3 aromatic rings. The number of carbonyl (C=O) groups is 2. The lowest BCUT2D eigenvalue weighted by molar-refractivity contribution is -0.134. The molecule has 146 valence electrons. The van der Waals surface area contributed by atoms with Gasteiger partial charge in [-0.05, 0) is 41.8 Å². The highest BCUT2D eigenvalue weighted by Gasteiger charge is 2.36. The van der Waals surface area contributed by atoms with Gasteiger partial charge in [-0.1, -0.05) is 26.0 Å². The summed E-state index contributed by atoms with van der Waals surface area (Å²) >= 11 is 0. The minimum absolute atomic E-state index is 0.0616. The van der Waals surface area contributed by atoms with Crippen molar-refractivity contribution < 1.29 is 19.4 Å². The number of ketones is 1. The number of aliphatic carboxylic acids is 1. The van der Waals surface area contributed by atoms with E-state index in [0.29, 0.717) is 22.8 Å². The molecular weight excluding hydrogens is 370 g/mol. The maximum Gasteiger partial charge on any atom is 0.345 e. The third-order valence-electron chi connectivity index (χ3n) is 4.71. The number of ether oxygens (including phenoxy) is 1. The van der Waals surface area contributed by atoms with Gasteiger partial charge in [-0.2, -0.15) is 0 Å². The molecule has 29 heavy (non-hydrogen) atoms. The number of Topliss-reactive ketones (excluding diaryl/α,β-unsaturated/α-hetero) is 1. The van der Waals surface area contributed by atoms with Crippen LogP contribution in [-0.4, -0.2) is 26.8 Å². The van der Waals surface area contributed by atoms with Crippen molar-refractivity contribution in [2.75, 3.05) is 5.32 Å². The smallest absolute Gasteiger partial charge is 0.345 e. The summed E-state index contributed by atoms with van der Waals surface area (Å²) in [4.78, 5) is 31.5. The van der Waals surface area contributed by atoms with Crippen LogP contribution in [0.5, 0.6) is 0 Å². The molecule has 1 aromatic carbocycles. The summed E-state index contributed by atoms with van der Waals surface area (Å²) in [6, 6.07) is 11.2. The lowest BCUT2D eigenvalue weighted by Crippen LogP contribution is -2.12. The second-order valence-electron chi connectivity index (χ2n) is 6.99. The van der Waals surface area contributed by atoms with E-state index in [1.165, 1.54) is 6.08 Å². The third-order valence-corrected chi connectivity index (χ3v) is 4.71. The van der Waals surface area contributed by atoms with Crippen LogP contribution >= 0.6 is 0 Å². The van der Waals surface area contributed by atoms with Crippen molar-refractivity contribution in [2.24, 2.45) is 0 Å². The van der Waals surface area contributed by atoms with Crippen molar-refractivity contribution in [1.29, 1.82) is 0 Å². The first-order chi connectivity index (χ1) is 13.9. The average Bonchev–Trinajstić information content (AvgIpc) is 3.24. The van der Waals surface area contributed by atoms with E-state index >= 15 is 0 Å². The molecule has 0 spiro atoms. The lowest BCUT2D eigenvalue weighted by Gasteiger charge is -2.10. The number of carboxylic acids is 1. The minimum Gasteiger partial charge on any atom is -0.477 e. The summed E-state index contributed by atoms with van der Waals surface area (Å²) in [5, 5.41) is 13.2. The highest BCUT2D eigenvalue weighted by atomic mass is 16.5. The number of nitrogens with zero attached hydrogens (tertiary/aromatic N) is 1. The molecule has 0 amide bonds. The van der Waals surface area contributed by atoms with E-state index in [-0.39, 0.29) is 11.6 Å². The molecule has 3 N–H and O–H groups in total. The minimum atomic E-state index is -1.35. The van der Waals surface area contributed by atoms with E-state index in [1.54, 1.807) is 18.5 Å². The van der Waals surface area contributed by atoms with Crippen molar-refractivity contribution in [3.63, 3.8) is 0 Å². The maximum absolute atomic E-state index is 12.7. The Hall–Kier alpha value is -3.87. The van der Waals surface area contributed by atoms with Gasteiger partial charge in [-0.25, -0.2) is 9.78 Å². The van der Waals surface area contributed by atoms with Crippen molar-refractivity contribution in [3.05, 3.63) is 77.1 Å². The Bertz CT molecular complexity index is 1170. The van der Waals surface area contributed by atoms with Gasteiger partial charge in [0, 0.05) is 29.0 Å². The van der Waals surface area contributed by atoms with Gasteiger partial charge in [0.1, 0.15) is 5.65 Å². The number of rotatable bonds is 5. The number of allylic oxidation sites excluding steroid dienone is 1. The summed E-state index contributed by atoms with van der Waals surface area (Å²) in [5.74, 6) is -1.81. The number of aromatic amines is 1. The third kappa shape index (κ3) is 3.50. The standard InChI is InChI=1S/C22H19N3O4/c1-12(2)13-5-7-15(8-6-13)25-21-18(22(27)28)19(26)17(29-21)10-14-11-24-20-16(14)4-3-9-23-20/h3-12,25H,1-2H3,(H,23,24)(H,27,28). The van der Waals surface area contributed by atoms with E-state index in [9.17, 15) is 14.7 Å². The Morgan fingerprint density at radius 1 is 1.24 bits per heavy atom. The molecule has 1 aliphatic heterocycles. The number of benzene rings is 1. The first-order valence-electron chi connectivity index (χ1n) is 9.15. The number of hydrogen-bond donors (Lipinski definition) is 3. The largest absolute Gasteiger partial charge is 0.477 e. The van der Waals surface area contributed by atoms with Crippen LogP contribution in [0.1, 0.15) is 30.9 Å². The molecular formula is C22H19N3O4. The number of carboxylic acid groups (broad SMARTS) is 1. The van der Waals surface area contributed by atoms with Crippen molar-refractivity contribution >= 4 is 34.5 Å². The molecule has 0 aliphatic carbocycles. The molecule has 0 saturated heterocycles. The highest BCUT2D eigenvalue weighted by Crippen LogP contribution is 2.30. The molecule has 0 radical (unpaired) electrons. The van der Waals surface area contributed by atoms with Crippen LogP contribution in [0.4, 0.5) is 5.69 Å². The van der Waals surface area contributed by atoms with Crippen molar-refractivity contribution in [3.8, 4) is 0 Å². The fourth-order valence-electron chi connectivity index (χ4n) is 3.13. The van der Waals surface area contributed by atoms with E-state index < -0.39 is 17.3 Å². The Kier molecular flexibility index (Phi) is 4.64. The van der Waals surface area contributed by atoms with Gasteiger partial charge >= 0.3 is 5.97 Å². The topological polar surface area (TPSA) is 104 Å². The van der Waals surface area contributed by atoms with E-state index in [2.05, 4.69) is 29.1 Å². The predicted molar refractivity (Wildman–Crippen MR) is 109 cm³/mol. The Labute approximate surface area is 166 Å². The molecule has 7 heteroatoms. The van der Waals surface area contributed by atoms with E-state index in [0.717, 1.165) is 10.9 Å². The first-order valence-corrected chi connectivity index (χ1v) is 9.15. The van der Waals surface area contributed by atoms with Crippen molar-refractivity contribution in [1.82, 2.24) is 9.97 Å². The molecule has 1 aliphatic rings. The lowest BCUT2D eigenvalue weighted by atomic mass is 10.0. The fourth-order valence-corrected chi connectivity index (χ4v) is 3.13. The highest BCUT2D eigenvalue weighted by molar-refractivity contribution is 6.26. The Morgan fingerprint density at radius 2 is 2.00 bits per heavy atom. The Balaban J connectivity index is 1.65. The molecule has 2 aromatic heterocycles. The van der Waals surface area contributed by atoms with Crippen LogP contribution in [0.3, 0.4) is 0 Å². The summed E-state index contributed by atoms with van der Waals surface area (Å²) in [7, 11) is 0. The number of pyridine rings is 1. The van der Waals surface area contributed by atoms with Crippen LogP contribution < -0.4 is 5.32 Å². The van der Waals surface area contributed by atoms with Crippen LogP contribution in [-0.2, 0) is 14.3 Å². The van der Waals surface area contributed by atoms with Crippen molar-refractivity contribution in [2.45, 2.75) is 19.8 Å². The molecule has 3 heterocycles. The van der Waals surface area contributed by atoms with Gasteiger partial charge in [-0.3, -0.25) is 4.79 Å². The summed E-state index contributed by atoms with van der Waals surface area (Å²) in [5.41, 5.74) is 2.71. The molecule has 0 atom stereocenters. The number of aromatic nitrogens is 2. The summed E-state index contributed by atoms with van der Waals surface area (Å²) < 4.78 is 5.62. The number of fused-ring (bicyclic) bond motifs is 1. The van der Waals surface area contributed by atoms with Gasteiger partial charge < -0.3 is 20.1 Å². The van der Waals surface area contributed by atoms with Crippen LogP contribution in [0.2, 0.25) is 0 Å². The monoisotopic (exact) mass is 389 g/mol. The maximum atomic E-state index is 12.7. The van der Waals surface area contributed by atoms with Gasteiger partial charge in [0.15, 0.2) is 11.3 Å². The summed E-state index contributed by atoms with van der Waals surface area (Å²) in [6.45, 7) is 4.17. The molecule has 4 rings (SSSR count). The molecule has 7 nitrogen and oxygen atoms in total. The average molecular weight is 389 g/mol. The van der Waals surface area contributed by atoms with Crippen LogP contribution in [0.25, 0.3) is 17.1 Å². The molecule has 0 saturated carbocycles. The zero-order chi connectivity index (χ0) is 20.5. The first kappa shape index (κ1) is 18.5. The number of anilines is 1. The molecule has 0 unspecified atom stereocenters. The van der Waals surface area contributed by atoms with E-state index in [1.807, 2.05) is 30.3 Å². The number of nitrogens with one attached hydrogen (secondary N) is 2. The normalized spacial score (nSPS) is 15.4. The van der Waals surface area contributed by atoms with Crippen LogP contribution in [0, 0.1) is 0 Å². The quantitative estimate of drug-likeness (QED) is 0.449. The van der Waals surface area contributed by atoms with Crippen LogP contribution in [0.15, 0.2) is 66.0 Å². The number of hydrogen-bond acceptors (Lipinski definition) is 5. The van der Waals surface area contributed by atoms with Gasteiger partial charge in [0.2, 0.25) is 11.7 Å². The number of carbonyl (C=O) groups excluding carboxylic acids is 1. The predicted octanol–water partition coefficient (Wildman–Crippen LogP) is 4.03. The fraction of sp³-hybridized carbons (Fsp3) is 0.136. The zero-order valence-electron chi connectivity index (χ0n) is 15.9. The van der Waals surface area contributed by atoms with Gasteiger partial charge in [0.25, 0.3) is 0 Å². The SMILES string of the molecule is CC(C)c1ccc(NC2=C(C(=O)O)C(=O)C(=Cc3c[nH]c4ncccc34)O2)cc1. The van der Waals surface area contributed by atoms with Gasteiger partial charge in [-0.15, -0.1) is 0 Å². The zero-order valence-corrected chi connectivity index (χ0v) is 15.9. The second kappa shape index (κ2) is 7.27. The Morgan fingerprint density at radius 3 is 2.69 bits per heavy atom. The van der Waals surface area contributed by atoms with E-state index in [4.69, 9.17) is 4.74 Å². The summed E-state index contributed by atoms with van der Waals surface area (Å²) in [6.07, 6.45) is 4.86. The molecule has 0 bridgehead atoms.